The molecular weight excluding hydrogens is 446 g/mol. The van der Waals surface area contributed by atoms with Crippen molar-refractivity contribution in [1.82, 2.24) is 34.6 Å². The molecule has 0 aliphatic carbocycles. The highest BCUT2D eigenvalue weighted by molar-refractivity contribution is 7.98. The maximum Gasteiger partial charge on any atom is 0.297 e. The van der Waals surface area contributed by atoms with Crippen molar-refractivity contribution in [3.05, 3.63) is 87.4 Å². The van der Waals surface area contributed by atoms with E-state index in [0.29, 0.717) is 21.7 Å². The Labute approximate surface area is 192 Å². The van der Waals surface area contributed by atoms with Crippen LogP contribution in [-0.4, -0.2) is 34.6 Å². The highest BCUT2D eigenvalue weighted by Crippen LogP contribution is 2.28. The van der Waals surface area contributed by atoms with Gasteiger partial charge in [-0.1, -0.05) is 59.8 Å². The van der Waals surface area contributed by atoms with Crippen LogP contribution in [0.5, 0.6) is 0 Å². The van der Waals surface area contributed by atoms with Crippen LogP contribution >= 0.6 is 23.4 Å². The van der Waals surface area contributed by atoms with Crippen molar-refractivity contribution in [2.24, 2.45) is 7.05 Å². The van der Waals surface area contributed by atoms with Crippen LogP contribution in [-0.2, 0) is 12.8 Å². The van der Waals surface area contributed by atoms with Gasteiger partial charge >= 0.3 is 0 Å². The molecule has 5 rings (SSSR count). The summed E-state index contributed by atoms with van der Waals surface area (Å²) in [5.41, 5.74) is 3.44. The fourth-order valence-electron chi connectivity index (χ4n) is 3.59. The summed E-state index contributed by atoms with van der Waals surface area (Å²) in [6, 6.07) is 19.3. The van der Waals surface area contributed by atoms with Gasteiger partial charge in [0, 0.05) is 23.8 Å². The summed E-state index contributed by atoms with van der Waals surface area (Å²) in [6.07, 6.45) is 0. The number of benzene rings is 2. The SMILES string of the molecule is Cc1c(-n2nnnc2SCc2cc3ccccc3nc2Cl)c(=O)n(-c2ccccc2)n1C. The molecule has 2 aromatic carbocycles. The van der Waals surface area contributed by atoms with Crippen molar-refractivity contribution in [2.75, 3.05) is 0 Å². The van der Waals surface area contributed by atoms with Gasteiger partial charge in [0.05, 0.1) is 16.9 Å². The van der Waals surface area contributed by atoms with Crippen molar-refractivity contribution < 1.29 is 0 Å². The van der Waals surface area contributed by atoms with E-state index in [1.165, 1.54) is 16.4 Å². The predicted octanol–water partition coefficient (Wildman–Crippen LogP) is 3.95. The van der Waals surface area contributed by atoms with Crippen LogP contribution in [0.2, 0.25) is 5.15 Å². The third-order valence-electron chi connectivity index (χ3n) is 5.28. The topological polar surface area (TPSA) is 83.4 Å². The molecule has 0 saturated carbocycles. The molecule has 32 heavy (non-hydrogen) atoms. The lowest BCUT2D eigenvalue weighted by Crippen LogP contribution is -2.22. The number of nitrogens with zero attached hydrogens (tertiary/aromatic N) is 7. The summed E-state index contributed by atoms with van der Waals surface area (Å²) in [4.78, 5) is 17.8. The molecule has 0 N–H and O–H groups in total. The second kappa shape index (κ2) is 8.25. The number of para-hydroxylation sites is 2. The Kier molecular flexibility index (Phi) is 5.28. The highest BCUT2D eigenvalue weighted by Gasteiger charge is 2.22. The molecule has 10 heteroatoms. The minimum Gasteiger partial charge on any atom is -0.283 e. The Balaban J connectivity index is 1.50. The number of hydrogen-bond donors (Lipinski definition) is 0. The normalized spacial score (nSPS) is 11.3. The maximum absolute atomic E-state index is 13.3. The van der Waals surface area contributed by atoms with Gasteiger partial charge in [-0.25, -0.2) is 9.67 Å². The number of hydrogen-bond acceptors (Lipinski definition) is 6. The number of rotatable bonds is 5. The monoisotopic (exact) mass is 463 g/mol. The average Bonchev–Trinajstić information content (AvgIpc) is 3.34. The molecule has 0 bridgehead atoms. The van der Waals surface area contributed by atoms with Gasteiger partial charge in [0.2, 0.25) is 5.16 Å². The van der Waals surface area contributed by atoms with E-state index in [2.05, 4.69) is 20.5 Å². The highest BCUT2D eigenvalue weighted by atomic mass is 35.5. The summed E-state index contributed by atoms with van der Waals surface area (Å²) >= 11 is 7.80. The fourth-order valence-corrected chi connectivity index (χ4v) is 4.73. The molecule has 0 spiro atoms. The zero-order chi connectivity index (χ0) is 22.2. The van der Waals surface area contributed by atoms with E-state index in [1.807, 2.05) is 74.6 Å². The first-order valence-corrected chi connectivity index (χ1v) is 11.2. The Morgan fingerprint density at radius 3 is 2.62 bits per heavy atom. The van der Waals surface area contributed by atoms with E-state index in [4.69, 9.17) is 11.6 Å². The third-order valence-corrected chi connectivity index (χ3v) is 6.58. The molecule has 3 heterocycles. The second-order valence-electron chi connectivity index (χ2n) is 7.20. The van der Waals surface area contributed by atoms with Gasteiger partial charge in [-0.2, -0.15) is 4.68 Å². The molecule has 0 radical (unpaired) electrons. The Hall–Kier alpha value is -3.43. The minimum absolute atomic E-state index is 0.198. The van der Waals surface area contributed by atoms with Crippen LogP contribution in [0.4, 0.5) is 0 Å². The van der Waals surface area contributed by atoms with Crippen LogP contribution in [0.3, 0.4) is 0 Å². The summed E-state index contributed by atoms with van der Waals surface area (Å²) in [6.45, 7) is 1.87. The Bertz CT molecular complexity index is 1490. The standard InChI is InChI=1S/C22H18ClN7OS/c1-14-19(21(31)30(28(14)2)17-9-4-3-5-10-17)29-22(25-26-27-29)32-13-16-12-15-8-6-7-11-18(15)24-20(16)23/h3-12H,13H2,1-2H3. The van der Waals surface area contributed by atoms with Gasteiger partial charge in [0.25, 0.3) is 5.56 Å². The van der Waals surface area contributed by atoms with E-state index in [-0.39, 0.29) is 5.56 Å². The van der Waals surface area contributed by atoms with Crippen molar-refractivity contribution >= 4 is 34.3 Å². The van der Waals surface area contributed by atoms with E-state index in [0.717, 1.165) is 27.8 Å². The van der Waals surface area contributed by atoms with Gasteiger partial charge in [0.15, 0.2) is 5.69 Å². The zero-order valence-electron chi connectivity index (χ0n) is 17.3. The van der Waals surface area contributed by atoms with Crippen molar-refractivity contribution in [3.63, 3.8) is 0 Å². The summed E-state index contributed by atoms with van der Waals surface area (Å²) < 4.78 is 4.89. The van der Waals surface area contributed by atoms with Crippen LogP contribution in [0.1, 0.15) is 11.3 Å². The number of tetrazole rings is 1. The number of pyridine rings is 1. The number of fused-ring (bicyclic) bond motifs is 1. The number of aromatic nitrogens is 7. The van der Waals surface area contributed by atoms with E-state index >= 15 is 0 Å². The minimum atomic E-state index is -0.198. The third kappa shape index (κ3) is 3.49. The van der Waals surface area contributed by atoms with Gasteiger partial charge < -0.3 is 0 Å². The number of thioether (sulfide) groups is 1. The lowest BCUT2D eigenvalue weighted by molar-refractivity contribution is 0.630. The van der Waals surface area contributed by atoms with Crippen molar-refractivity contribution in [2.45, 2.75) is 17.8 Å². The molecule has 0 aliphatic heterocycles. The van der Waals surface area contributed by atoms with Crippen LogP contribution in [0.15, 0.2) is 70.6 Å². The van der Waals surface area contributed by atoms with Crippen LogP contribution in [0, 0.1) is 6.92 Å². The van der Waals surface area contributed by atoms with Crippen LogP contribution in [0.25, 0.3) is 22.3 Å². The quantitative estimate of drug-likeness (QED) is 0.290. The summed E-state index contributed by atoms with van der Waals surface area (Å²) in [7, 11) is 1.84. The van der Waals surface area contributed by atoms with Gasteiger partial charge in [0.1, 0.15) is 5.15 Å². The van der Waals surface area contributed by atoms with E-state index in [1.54, 1.807) is 9.36 Å². The molecule has 0 atom stereocenters. The first-order chi connectivity index (χ1) is 15.5. The molecule has 8 nitrogen and oxygen atoms in total. The molecule has 5 aromatic rings. The van der Waals surface area contributed by atoms with Gasteiger partial charge in [-0.3, -0.25) is 9.48 Å². The summed E-state index contributed by atoms with van der Waals surface area (Å²) in [5.74, 6) is 0.510. The summed E-state index contributed by atoms with van der Waals surface area (Å²) in [5, 5.41) is 14.0. The van der Waals surface area contributed by atoms with Crippen molar-refractivity contribution in [3.8, 4) is 11.4 Å². The molecular formula is C22H18ClN7OS. The lowest BCUT2D eigenvalue weighted by atomic mass is 10.2. The van der Waals surface area contributed by atoms with Crippen molar-refractivity contribution in [1.29, 1.82) is 0 Å². The average molecular weight is 464 g/mol. The second-order valence-corrected chi connectivity index (χ2v) is 8.50. The largest absolute Gasteiger partial charge is 0.297 e. The maximum atomic E-state index is 13.3. The molecule has 0 aliphatic rings. The van der Waals surface area contributed by atoms with E-state index in [9.17, 15) is 4.79 Å². The molecule has 0 saturated heterocycles. The molecule has 0 unspecified atom stereocenters. The zero-order valence-corrected chi connectivity index (χ0v) is 18.9. The molecule has 0 amide bonds. The molecule has 3 aromatic heterocycles. The smallest absolute Gasteiger partial charge is 0.283 e. The Morgan fingerprint density at radius 2 is 1.81 bits per heavy atom. The Morgan fingerprint density at radius 1 is 1.06 bits per heavy atom. The first kappa shape index (κ1) is 20.5. The first-order valence-electron chi connectivity index (χ1n) is 9.84. The van der Waals surface area contributed by atoms with Crippen LogP contribution < -0.4 is 5.56 Å². The van der Waals surface area contributed by atoms with E-state index < -0.39 is 0 Å². The lowest BCUT2D eigenvalue weighted by Gasteiger charge is -2.07. The van der Waals surface area contributed by atoms with Gasteiger partial charge in [-0.05, 0) is 41.6 Å². The predicted molar refractivity (Wildman–Crippen MR) is 125 cm³/mol. The molecule has 0 fully saturated rings. The molecule has 160 valence electrons. The van der Waals surface area contributed by atoms with Gasteiger partial charge in [-0.15, -0.1) is 5.10 Å². The number of halogens is 1. The fraction of sp³-hybridized carbons (Fsp3) is 0.136.